The molecule has 5 heteroatoms. The average Bonchev–Trinajstić information content (AvgIpc) is 2.88. The van der Waals surface area contributed by atoms with Crippen LogP contribution in [0.5, 0.6) is 0 Å². The molecular formula is C33H40N4O. The number of aryl methyl sites for hydroxylation is 2. The molecular weight excluding hydrogens is 468 g/mol. The van der Waals surface area contributed by atoms with Crippen LogP contribution in [0, 0.1) is 19.8 Å². The minimum absolute atomic E-state index is 0.170. The first kappa shape index (κ1) is 27.3. The minimum Gasteiger partial charge on any atom is -0.311 e. The van der Waals surface area contributed by atoms with Crippen LogP contribution < -0.4 is 10.9 Å². The Morgan fingerprint density at radius 1 is 1.13 bits per heavy atom. The summed E-state index contributed by atoms with van der Waals surface area (Å²) in [5, 5.41) is 3.82. The number of nitrogens with one attached hydrogen (secondary N) is 2. The number of H-pyrrole nitrogens is 1. The summed E-state index contributed by atoms with van der Waals surface area (Å²) in [7, 11) is 0. The summed E-state index contributed by atoms with van der Waals surface area (Å²) in [6.07, 6.45) is 8.40. The maximum Gasteiger partial charge on any atom is 0.260 e. The number of rotatable bonds is 7. The van der Waals surface area contributed by atoms with Gasteiger partial charge in [0.05, 0.1) is 10.9 Å². The number of anilines is 1. The monoisotopic (exact) mass is 508 g/mol. The number of hydrogen-bond donors (Lipinski definition) is 2. The molecule has 2 unspecified atom stereocenters. The normalized spacial score (nSPS) is 17.9. The highest BCUT2D eigenvalue weighted by atomic mass is 16.1. The number of aliphatic imine (C=N–C) groups is 1. The first-order valence-electron chi connectivity index (χ1n) is 13.7. The van der Waals surface area contributed by atoms with Gasteiger partial charge in [-0.2, -0.15) is 0 Å². The fourth-order valence-corrected chi connectivity index (χ4v) is 5.27. The Kier molecular flexibility index (Phi) is 8.15. The van der Waals surface area contributed by atoms with Gasteiger partial charge in [-0.05, 0) is 86.4 Å². The zero-order valence-electron chi connectivity index (χ0n) is 24.0. The van der Waals surface area contributed by atoms with Crippen LogP contribution in [0.3, 0.4) is 0 Å². The van der Waals surface area contributed by atoms with Gasteiger partial charge < -0.3 is 5.32 Å². The standard InChI is InChI=1S/C33H40N4O/c1-9-19(3)14-21(5)25-15-23(7)30(24(8)16-25)26-12-11-13-27-31(26)36-33(37-32(27)38)35-29-17-22(6)28(18-34-29)20(4)10-2/h11-18,21-22H,9-10H2,1-8H3,(H2,35,36,37,38)/b19-14+,28-20+. The molecule has 0 fully saturated rings. The summed E-state index contributed by atoms with van der Waals surface area (Å²) < 4.78 is 0. The van der Waals surface area contributed by atoms with Crippen molar-refractivity contribution in [2.24, 2.45) is 10.9 Å². The molecule has 198 valence electrons. The van der Waals surface area contributed by atoms with Crippen LogP contribution in [0.1, 0.15) is 77.0 Å². The van der Waals surface area contributed by atoms with Crippen molar-refractivity contribution < 1.29 is 0 Å². The predicted octanol–water partition coefficient (Wildman–Crippen LogP) is 8.37. The van der Waals surface area contributed by atoms with Crippen LogP contribution in [0.25, 0.3) is 22.0 Å². The Bertz CT molecular complexity index is 1530. The zero-order chi connectivity index (χ0) is 27.6. The Labute approximate surface area is 226 Å². The topological polar surface area (TPSA) is 70.1 Å². The van der Waals surface area contributed by atoms with Gasteiger partial charge in [0.25, 0.3) is 5.56 Å². The minimum atomic E-state index is -0.170. The number of aromatic nitrogens is 2. The number of nitrogens with zero attached hydrogens (tertiary/aromatic N) is 2. The molecule has 0 bridgehead atoms. The van der Waals surface area contributed by atoms with Crippen LogP contribution in [-0.2, 0) is 0 Å². The lowest BCUT2D eigenvalue weighted by Gasteiger charge is -2.19. The number of hydrogen-bond acceptors (Lipinski definition) is 4. The summed E-state index contributed by atoms with van der Waals surface area (Å²) in [6.45, 7) is 17.4. The molecule has 2 N–H and O–H groups in total. The third kappa shape index (κ3) is 5.57. The Morgan fingerprint density at radius 2 is 1.84 bits per heavy atom. The van der Waals surface area contributed by atoms with Crippen molar-refractivity contribution in [2.75, 3.05) is 5.32 Å². The van der Waals surface area contributed by atoms with Crippen molar-refractivity contribution in [3.05, 3.63) is 92.1 Å². The van der Waals surface area contributed by atoms with Crippen molar-refractivity contribution in [2.45, 2.75) is 74.1 Å². The molecule has 2 aromatic carbocycles. The van der Waals surface area contributed by atoms with Crippen LogP contribution in [-0.4, -0.2) is 16.2 Å². The summed E-state index contributed by atoms with van der Waals surface area (Å²) in [6, 6.07) is 10.4. The van der Waals surface area contributed by atoms with Gasteiger partial charge in [0, 0.05) is 17.7 Å². The van der Waals surface area contributed by atoms with Crippen LogP contribution in [0.4, 0.5) is 5.95 Å². The highest BCUT2D eigenvalue weighted by Gasteiger charge is 2.17. The molecule has 2 heterocycles. The van der Waals surface area contributed by atoms with Gasteiger partial charge in [-0.15, -0.1) is 0 Å². The molecule has 3 aromatic rings. The van der Waals surface area contributed by atoms with E-state index in [1.165, 1.54) is 33.4 Å². The van der Waals surface area contributed by atoms with Crippen LogP contribution >= 0.6 is 0 Å². The molecule has 0 saturated carbocycles. The summed E-state index contributed by atoms with van der Waals surface area (Å²) in [5.41, 5.74) is 10.2. The largest absolute Gasteiger partial charge is 0.311 e. The van der Waals surface area contributed by atoms with Gasteiger partial charge in [-0.1, -0.05) is 69.2 Å². The van der Waals surface area contributed by atoms with Gasteiger partial charge >= 0.3 is 0 Å². The SMILES string of the molecule is CC/C(C)=C1\C=NC(Nc2nc3c(-c4c(C)cc(C(C)/C=C(\C)CC)cc4C)cccc3c(=O)[nH]2)=CC1C. The molecule has 2 atom stereocenters. The average molecular weight is 509 g/mol. The Hall–Kier alpha value is -3.73. The lowest BCUT2D eigenvalue weighted by Crippen LogP contribution is -2.16. The van der Waals surface area contributed by atoms with E-state index in [9.17, 15) is 4.79 Å². The van der Waals surface area contributed by atoms with Crippen molar-refractivity contribution in [3.8, 4) is 11.1 Å². The predicted molar refractivity (Wildman–Crippen MR) is 162 cm³/mol. The summed E-state index contributed by atoms with van der Waals surface area (Å²) in [5.74, 6) is 1.66. The third-order valence-electron chi connectivity index (χ3n) is 7.69. The molecule has 1 aliphatic rings. The second-order valence-corrected chi connectivity index (χ2v) is 10.6. The van der Waals surface area contributed by atoms with Crippen molar-refractivity contribution in [1.82, 2.24) is 9.97 Å². The molecule has 38 heavy (non-hydrogen) atoms. The number of benzene rings is 2. The molecule has 0 spiro atoms. The quantitative estimate of drug-likeness (QED) is 0.315. The lowest BCUT2D eigenvalue weighted by atomic mass is 9.88. The van der Waals surface area contributed by atoms with Gasteiger partial charge in [0.1, 0.15) is 5.82 Å². The lowest BCUT2D eigenvalue weighted by molar-refractivity contribution is 0.851. The molecule has 5 nitrogen and oxygen atoms in total. The summed E-state index contributed by atoms with van der Waals surface area (Å²) >= 11 is 0. The van der Waals surface area contributed by atoms with Crippen molar-refractivity contribution in [1.29, 1.82) is 0 Å². The molecule has 4 rings (SSSR count). The number of fused-ring (bicyclic) bond motifs is 1. The fraction of sp³-hybridized carbons (Fsp3) is 0.364. The van der Waals surface area contributed by atoms with E-state index in [0.29, 0.717) is 28.6 Å². The molecule has 0 radical (unpaired) electrons. The first-order valence-corrected chi connectivity index (χ1v) is 13.7. The maximum atomic E-state index is 13.1. The fourth-order valence-electron chi connectivity index (χ4n) is 5.27. The molecule has 0 aliphatic carbocycles. The third-order valence-corrected chi connectivity index (χ3v) is 7.69. The van der Waals surface area contributed by atoms with Gasteiger partial charge in [-0.3, -0.25) is 9.78 Å². The molecule has 1 aromatic heterocycles. The van der Waals surface area contributed by atoms with E-state index in [0.717, 1.165) is 24.0 Å². The van der Waals surface area contributed by atoms with Crippen LogP contribution in [0.2, 0.25) is 0 Å². The smallest absolute Gasteiger partial charge is 0.260 e. The van der Waals surface area contributed by atoms with Gasteiger partial charge in [0.15, 0.2) is 0 Å². The Morgan fingerprint density at radius 3 is 2.47 bits per heavy atom. The van der Waals surface area contributed by atoms with Crippen molar-refractivity contribution in [3.63, 3.8) is 0 Å². The highest BCUT2D eigenvalue weighted by Crippen LogP contribution is 2.35. The summed E-state index contributed by atoms with van der Waals surface area (Å²) in [4.78, 5) is 25.5. The molecule has 0 amide bonds. The highest BCUT2D eigenvalue weighted by molar-refractivity contribution is 5.95. The van der Waals surface area contributed by atoms with Gasteiger partial charge in [-0.25, -0.2) is 9.98 Å². The first-order chi connectivity index (χ1) is 18.1. The molecule has 0 saturated heterocycles. The zero-order valence-corrected chi connectivity index (χ0v) is 24.0. The number of aromatic amines is 1. The molecule has 1 aliphatic heterocycles. The van der Waals surface area contributed by atoms with E-state index in [-0.39, 0.29) is 11.5 Å². The number of allylic oxidation sites excluding steroid dienone is 5. The van der Waals surface area contributed by atoms with E-state index in [1.54, 1.807) is 0 Å². The van der Waals surface area contributed by atoms with E-state index >= 15 is 0 Å². The van der Waals surface area contributed by atoms with E-state index in [4.69, 9.17) is 4.98 Å². The van der Waals surface area contributed by atoms with Gasteiger partial charge in [0.2, 0.25) is 5.95 Å². The Balaban J connectivity index is 1.76. The van der Waals surface area contributed by atoms with Crippen LogP contribution in [0.15, 0.2) is 74.8 Å². The van der Waals surface area contributed by atoms with Crippen molar-refractivity contribution >= 4 is 23.1 Å². The van der Waals surface area contributed by atoms with E-state index in [1.807, 2.05) is 18.3 Å². The number of para-hydroxylation sites is 1. The second-order valence-electron chi connectivity index (χ2n) is 10.6. The van der Waals surface area contributed by atoms with E-state index < -0.39 is 0 Å². The maximum absolute atomic E-state index is 13.1. The van der Waals surface area contributed by atoms with E-state index in [2.05, 4.69) is 101 Å². The second kappa shape index (κ2) is 11.3.